The monoisotopic (exact) mass is 673 g/mol. The molecule has 10 rings (SSSR count). The number of rotatable bonds is 5. The number of sulfonamides is 1. The van der Waals surface area contributed by atoms with Crippen molar-refractivity contribution in [3.63, 3.8) is 0 Å². The highest BCUT2D eigenvalue weighted by atomic mass is 32.2. The first kappa shape index (κ1) is 29.0. The van der Waals surface area contributed by atoms with Gasteiger partial charge in [0.25, 0.3) is 10.1 Å². The van der Waals surface area contributed by atoms with Crippen molar-refractivity contribution in [1.82, 2.24) is 4.72 Å². The van der Waals surface area contributed by atoms with Crippen molar-refractivity contribution in [2.24, 2.45) is 11.8 Å². The van der Waals surface area contributed by atoms with Crippen molar-refractivity contribution in [2.45, 2.75) is 52.8 Å². The topological polar surface area (TPSA) is 162 Å². The number of carbonyl (C=O) groups is 2. The molecular weight excluding hydrogens is 647 g/mol. The first-order valence-corrected chi connectivity index (χ1v) is 18.3. The summed E-state index contributed by atoms with van der Waals surface area (Å²) >= 11 is 0. The van der Waals surface area contributed by atoms with Gasteiger partial charge in [0.1, 0.15) is 34.0 Å². The molecule has 47 heavy (non-hydrogen) atoms. The summed E-state index contributed by atoms with van der Waals surface area (Å²) < 4.78 is 80.7. The van der Waals surface area contributed by atoms with Crippen LogP contribution in [0.5, 0.6) is 5.75 Å². The fraction of sp³-hybridized carbons (Fsp3) is 0.294. The first-order chi connectivity index (χ1) is 22.5. The fourth-order valence-electron chi connectivity index (χ4n) is 8.70. The van der Waals surface area contributed by atoms with E-state index in [2.05, 4.69) is 16.9 Å². The number of benzene rings is 4. The van der Waals surface area contributed by atoms with Crippen molar-refractivity contribution >= 4 is 42.9 Å². The largest absolute Gasteiger partial charge is 0.458 e. The van der Waals surface area contributed by atoms with Gasteiger partial charge in [-0.3, -0.25) is 14.1 Å². The molecule has 13 heteroatoms. The lowest BCUT2D eigenvalue weighted by molar-refractivity contribution is -0.162. The van der Waals surface area contributed by atoms with E-state index in [-0.39, 0.29) is 33.3 Å². The molecule has 0 saturated carbocycles. The van der Waals surface area contributed by atoms with Gasteiger partial charge in [-0.25, -0.2) is 13.1 Å². The van der Waals surface area contributed by atoms with E-state index in [9.17, 15) is 31.0 Å². The highest BCUT2D eigenvalue weighted by molar-refractivity contribution is 7.90. The Morgan fingerprint density at radius 2 is 1.43 bits per heavy atom. The molecule has 3 aliphatic carbocycles. The molecule has 7 unspecified atom stereocenters. The van der Waals surface area contributed by atoms with Gasteiger partial charge in [0.2, 0.25) is 10.0 Å². The number of carbonyl (C=O) groups excluding carboxylic acids is 2. The zero-order valence-electron chi connectivity index (χ0n) is 24.4. The van der Waals surface area contributed by atoms with Crippen molar-refractivity contribution in [3.8, 4) is 5.75 Å². The molecule has 6 aliphatic rings. The zero-order valence-corrected chi connectivity index (χ0v) is 26.1. The first-order valence-electron chi connectivity index (χ1n) is 15.3. The van der Waals surface area contributed by atoms with Gasteiger partial charge >= 0.3 is 11.9 Å². The molecule has 0 radical (unpaired) electrons. The van der Waals surface area contributed by atoms with Gasteiger partial charge in [-0.05, 0) is 40.8 Å². The molecule has 0 aromatic heterocycles. The third-order valence-electron chi connectivity index (χ3n) is 10.5. The second-order valence-electron chi connectivity index (χ2n) is 12.8. The standard InChI is InChI=1S/C34H27NO10S2/c36-33(23-15-22-16-7-1-5-11-20(16)26(23)21-12-6-2-8-17(21)22)45-30-28-31-32(46(38,39)35-28)27(29(30)44-31)34(37)43-24-13-14-25(47(40,41)42)19-10-4-3-9-18(19)24/h1-14,22-23,26-32,35H,15H2,(H,40,41,42). The minimum Gasteiger partial charge on any atom is -0.458 e. The Morgan fingerprint density at radius 3 is 2.09 bits per heavy atom. The van der Waals surface area contributed by atoms with Gasteiger partial charge < -0.3 is 14.2 Å². The predicted octanol–water partition coefficient (Wildman–Crippen LogP) is 3.27. The van der Waals surface area contributed by atoms with Crippen LogP contribution in [-0.4, -0.2) is 62.9 Å². The van der Waals surface area contributed by atoms with Gasteiger partial charge in [-0.2, -0.15) is 8.42 Å². The Bertz CT molecular complexity index is 2210. The molecule has 3 aliphatic heterocycles. The quantitative estimate of drug-likeness (QED) is 0.183. The number of ether oxygens (including phenoxy) is 3. The minimum absolute atomic E-state index is 0.0142. The molecule has 7 atom stereocenters. The maximum atomic E-state index is 14.1. The molecule has 0 amide bonds. The summed E-state index contributed by atoms with van der Waals surface area (Å²) in [6.07, 6.45) is -2.54. The predicted molar refractivity (Wildman–Crippen MR) is 166 cm³/mol. The highest BCUT2D eigenvalue weighted by Crippen LogP contribution is 2.56. The highest BCUT2D eigenvalue weighted by Gasteiger charge is 2.72. The molecular formula is C34H27NO10S2. The Labute approximate surface area is 269 Å². The lowest BCUT2D eigenvalue weighted by Crippen LogP contribution is -2.52. The van der Waals surface area contributed by atoms with Crippen LogP contribution in [0.15, 0.2) is 89.8 Å². The second-order valence-corrected chi connectivity index (χ2v) is 16.0. The lowest BCUT2D eigenvalue weighted by Gasteiger charge is -2.44. The molecule has 240 valence electrons. The van der Waals surface area contributed by atoms with Crippen LogP contribution in [-0.2, 0) is 39.2 Å². The van der Waals surface area contributed by atoms with E-state index in [1.165, 1.54) is 29.3 Å². The van der Waals surface area contributed by atoms with Gasteiger partial charge in [0.15, 0.2) is 0 Å². The van der Waals surface area contributed by atoms with Crippen molar-refractivity contribution < 1.29 is 45.2 Å². The van der Waals surface area contributed by atoms with E-state index in [0.29, 0.717) is 6.42 Å². The second kappa shape index (κ2) is 9.94. The SMILES string of the molecule is O=C(OC1C2NS(=O)(=O)C3C2OC1C3C(=O)Oc1ccc(S(=O)(=O)O)c2ccccc12)C1CC2c3ccccc3C1c1ccccc12. The van der Waals surface area contributed by atoms with Crippen molar-refractivity contribution in [3.05, 3.63) is 107 Å². The Hall–Kier alpha value is -4.14. The molecule has 11 nitrogen and oxygen atoms in total. The van der Waals surface area contributed by atoms with E-state index >= 15 is 0 Å². The summed E-state index contributed by atoms with van der Waals surface area (Å²) in [7, 11) is -8.63. The Morgan fingerprint density at radius 1 is 0.809 bits per heavy atom. The third-order valence-corrected chi connectivity index (χ3v) is 13.3. The summed E-state index contributed by atoms with van der Waals surface area (Å²) in [6, 6.07) is 23.8. The van der Waals surface area contributed by atoms with Crippen LogP contribution in [0.2, 0.25) is 0 Å². The van der Waals surface area contributed by atoms with Crippen LogP contribution in [0.3, 0.4) is 0 Å². The molecule has 4 bridgehead atoms. The normalized spacial score (nSPS) is 32.1. The number of fused-ring (bicyclic) bond motifs is 3. The van der Waals surface area contributed by atoms with Crippen LogP contribution in [0.25, 0.3) is 10.8 Å². The van der Waals surface area contributed by atoms with Crippen LogP contribution >= 0.6 is 0 Å². The van der Waals surface area contributed by atoms with Crippen LogP contribution < -0.4 is 9.46 Å². The Balaban J connectivity index is 1.03. The molecule has 3 heterocycles. The van der Waals surface area contributed by atoms with Crippen molar-refractivity contribution in [1.29, 1.82) is 0 Å². The van der Waals surface area contributed by atoms with E-state index in [1.54, 1.807) is 12.1 Å². The van der Waals surface area contributed by atoms with Gasteiger partial charge in [0.05, 0.1) is 18.1 Å². The van der Waals surface area contributed by atoms with E-state index in [4.69, 9.17) is 14.2 Å². The number of hydrogen-bond donors (Lipinski definition) is 2. The van der Waals surface area contributed by atoms with Crippen LogP contribution in [0.1, 0.15) is 40.5 Å². The average Bonchev–Trinajstić information content (AvgIpc) is 3.67. The summed E-state index contributed by atoms with van der Waals surface area (Å²) in [4.78, 5) is 27.5. The van der Waals surface area contributed by atoms with Crippen LogP contribution in [0, 0.1) is 11.8 Å². The van der Waals surface area contributed by atoms with Crippen molar-refractivity contribution in [2.75, 3.05) is 0 Å². The maximum absolute atomic E-state index is 14.1. The maximum Gasteiger partial charge on any atom is 0.318 e. The molecule has 3 saturated heterocycles. The summed E-state index contributed by atoms with van der Waals surface area (Å²) in [5.74, 6) is -3.48. The Kier molecular flexibility index (Phi) is 6.14. The molecule has 2 N–H and O–H groups in total. The van der Waals surface area contributed by atoms with E-state index in [1.807, 2.05) is 36.4 Å². The van der Waals surface area contributed by atoms with Gasteiger partial charge in [-0.1, -0.05) is 72.8 Å². The number of esters is 2. The molecule has 4 aromatic carbocycles. The minimum atomic E-state index is -4.58. The summed E-state index contributed by atoms with van der Waals surface area (Å²) in [6.45, 7) is 0. The lowest BCUT2D eigenvalue weighted by atomic mass is 9.59. The molecule has 3 fully saturated rings. The summed E-state index contributed by atoms with van der Waals surface area (Å²) in [5, 5.41) is -0.912. The fourth-order valence-corrected chi connectivity index (χ4v) is 11.4. The van der Waals surface area contributed by atoms with Gasteiger partial charge in [0, 0.05) is 22.6 Å². The van der Waals surface area contributed by atoms with Crippen LogP contribution in [0.4, 0.5) is 0 Å². The third kappa shape index (κ3) is 4.13. The van der Waals surface area contributed by atoms with E-state index in [0.717, 1.165) is 17.2 Å². The van der Waals surface area contributed by atoms with Gasteiger partial charge in [-0.15, -0.1) is 0 Å². The number of hydrogen-bond acceptors (Lipinski definition) is 9. The van der Waals surface area contributed by atoms with E-state index < -0.39 is 73.5 Å². The zero-order chi connectivity index (χ0) is 32.4. The molecule has 4 aromatic rings. The number of nitrogens with one attached hydrogen (secondary N) is 1. The summed E-state index contributed by atoms with van der Waals surface area (Å²) in [5.41, 5.74) is 4.53. The average molecular weight is 674 g/mol. The molecule has 0 spiro atoms. The smallest absolute Gasteiger partial charge is 0.318 e.